The first-order valence-electron chi connectivity index (χ1n) is 3.57. The molecular weight excluding hydrogens is 128 g/mol. The van der Waals surface area contributed by atoms with Gasteiger partial charge in [-0.3, -0.25) is 5.26 Å². The topological polar surface area (TPSA) is 29.5 Å². The maximum Gasteiger partial charge on any atom is 0.111 e. The van der Waals surface area contributed by atoms with Gasteiger partial charge in [0.2, 0.25) is 0 Å². The molecule has 0 unspecified atom stereocenters. The van der Waals surface area contributed by atoms with Gasteiger partial charge in [0.15, 0.2) is 0 Å². The largest absolute Gasteiger partial charge is 0.251 e. The van der Waals surface area contributed by atoms with Gasteiger partial charge in [0, 0.05) is 0 Å². The van der Waals surface area contributed by atoms with E-state index in [1.807, 2.05) is 18.2 Å². The van der Waals surface area contributed by atoms with Gasteiger partial charge in [-0.2, -0.15) is 0 Å². The van der Waals surface area contributed by atoms with Gasteiger partial charge in [-0.15, -0.1) is 0 Å². The van der Waals surface area contributed by atoms with Crippen molar-refractivity contribution in [1.29, 1.82) is 0 Å². The molecule has 56 valence electrons. The molecule has 10 heavy (non-hydrogen) atoms. The molecule has 0 fully saturated rings. The summed E-state index contributed by atoms with van der Waals surface area (Å²) in [6.45, 7) is 0. The highest BCUT2D eigenvalue weighted by molar-refractivity contribution is 5.06. The summed E-state index contributed by atoms with van der Waals surface area (Å²) in [5.41, 5.74) is 0. The highest BCUT2D eigenvalue weighted by atomic mass is 17.1. The Morgan fingerprint density at radius 2 is 2.30 bits per heavy atom. The van der Waals surface area contributed by atoms with Gasteiger partial charge >= 0.3 is 0 Å². The average Bonchev–Trinajstić information content (AvgIpc) is 1.87. The van der Waals surface area contributed by atoms with E-state index < -0.39 is 0 Å². The Balaban J connectivity index is 2.43. The molecule has 1 atom stereocenters. The van der Waals surface area contributed by atoms with Gasteiger partial charge in [0.25, 0.3) is 0 Å². The molecule has 0 saturated heterocycles. The van der Waals surface area contributed by atoms with Crippen molar-refractivity contribution in [2.24, 2.45) is 0 Å². The summed E-state index contributed by atoms with van der Waals surface area (Å²) >= 11 is 0. The van der Waals surface area contributed by atoms with Gasteiger partial charge < -0.3 is 0 Å². The van der Waals surface area contributed by atoms with Crippen LogP contribution in [0, 0.1) is 0 Å². The van der Waals surface area contributed by atoms with Crippen LogP contribution in [0.1, 0.15) is 19.3 Å². The van der Waals surface area contributed by atoms with Gasteiger partial charge in [-0.25, -0.2) is 4.89 Å². The molecule has 1 aliphatic rings. The van der Waals surface area contributed by atoms with Crippen molar-refractivity contribution in [2.75, 3.05) is 0 Å². The Morgan fingerprint density at radius 1 is 1.40 bits per heavy atom. The minimum atomic E-state index is -0.107. The predicted octanol–water partition coefficient (Wildman–Crippen LogP) is 2.14. The highest BCUT2D eigenvalue weighted by Gasteiger charge is 2.03. The van der Waals surface area contributed by atoms with Gasteiger partial charge in [-0.05, 0) is 19.3 Å². The van der Waals surface area contributed by atoms with E-state index in [0.717, 1.165) is 19.3 Å². The first-order valence-corrected chi connectivity index (χ1v) is 3.57. The fourth-order valence-electron chi connectivity index (χ4n) is 0.984. The van der Waals surface area contributed by atoms with Crippen molar-refractivity contribution in [3.8, 4) is 0 Å². The minimum absolute atomic E-state index is 0.107. The minimum Gasteiger partial charge on any atom is -0.251 e. The molecule has 0 aromatic carbocycles. The summed E-state index contributed by atoms with van der Waals surface area (Å²) in [5, 5.41) is 8.33. The zero-order valence-electron chi connectivity index (χ0n) is 5.86. The highest BCUT2D eigenvalue weighted by Crippen LogP contribution is 2.08. The number of hydrogen-bond donors (Lipinski definition) is 1. The number of hydrogen-bond acceptors (Lipinski definition) is 2. The molecule has 0 radical (unpaired) electrons. The molecule has 0 aromatic rings. The quantitative estimate of drug-likeness (QED) is 0.446. The lowest BCUT2D eigenvalue weighted by Crippen LogP contribution is -2.06. The molecule has 0 saturated carbocycles. The lowest BCUT2D eigenvalue weighted by molar-refractivity contribution is -0.267. The van der Waals surface area contributed by atoms with Gasteiger partial charge in [0.05, 0.1) is 0 Å². The molecule has 0 aromatic heterocycles. The molecule has 0 amide bonds. The summed E-state index contributed by atoms with van der Waals surface area (Å²) < 4.78 is 0. The van der Waals surface area contributed by atoms with Crippen LogP contribution >= 0.6 is 0 Å². The Bertz CT molecular complexity index is 138. The van der Waals surface area contributed by atoms with Crippen molar-refractivity contribution in [2.45, 2.75) is 25.4 Å². The fourth-order valence-corrected chi connectivity index (χ4v) is 0.984. The molecule has 1 rings (SSSR count). The van der Waals surface area contributed by atoms with Crippen molar-refractivity contribution in [3.63, 3.8) is 0 Å². The summed E-state index contributed by atoms with van der Waals surface area (Å²) in [5.74, 6) is 0. The van der Waals surface area contributed by atoms with Gasteiger partial charge in [0.1, 0.15) is 6.10 Å². The maximum absolute atomic E-state index is 8.33. The van der Waals surface area contributed by atoms with E-state index in [1.165, 1.54) is 0 Å². The second kappa shape index (κ2) is 4.25. The van der Waals surface area contributed by atoms with E-state index in [4.69, 9.17) is 5.26 Å². The molecule has 0 spiro atoms. The summed E-state index contributed by atoms with van der Waals surface area (Å²) in [6, 6.07) is 0. The second-order valence-corrected chi connectivity index (χ2v) is 2.39. The molecule has 1 N–H and O–H groups in total. The Morgan fingerprint density at radius 3 is 3.10 bits per heavy atom. The Labute approximate surface area is 60.7 Å². The summed E-state index contributed by atoms with van der Waals surface area (Å²) in [4.78, 5) is 4.21. The van der Waals surface area contributed by atoms with Crippen LogP contribution in [0.5, 0.6) is 0 Å². The lowest BCUT2D eigenvalue weighted by Gasteiger charge is -2.07. The molecule has 2 nitrogen and oxygen atoms in total. The monoisotopic (exact) mass is 140 g/mol. The standard InChI is InChI=1S/C8H12O2/c9-10-8-6-4-2-1-3-5-7-8/h1-2,4,6,8-9H,3,5,7H2/t8-/m0/s1. The zero-order chi connectivity index (χ0) is 7.23. The SMILES string of the molecule is OO[C@H]1C=CC=CCCC1. The molecule has 0 aliphatic heterocycles. The third-order valence-electron chi connectivity index (χ3n) is 1.57. The van der Waals surface area contributed by atoms with E-state index in [-0.39, 0.29) is 6.10 Å². The van der Waals surface area contributed by atoms with Crippen LogP contribution in [-0.2, 0) is 4.89 Å². The smallest absolute Gasteiger partial charge is 0.111 e. The van der Waals surface area contributed by atoms with Crippen molar-refractivity contribution >= 4 is 0 Å². The van der Waals surface area contributed by atoms with E-state index in [2.05, 4.69) is 11.0 Å². The Hall–Kier alpha value is -0.600. The Kier molecular flexibility index (Phi) is 3.19. The maximum atomic E-state index is 8.33. The zero-order valence-corrected chi connectivity index (χ0v) is 5.86. The second-order valence-electron chi connectivity index (χ2n) is 2.39. The first kappa shape index (κ1) is 7.51. The third-order valence-corrected chi connectivity index (χ3v) is 1.57. The predicted molar refractivity (Wildman–Crippen MR) is 39.6 cm³/mol. The molecule has 2 heteroatoms. The van der Waals surface area contributed by atoms with E-state index >= 15 is 0 Å². The van der Waals surface area contributed by atoms with Gasteiger partial charge in [-0.1, -0.05) is 24.3 Å². The number of allylic oxidation sites excluding steroid dienone is 3. The van der Waals surface area contributed by atoms with E-state index in [1.54, 1.807) is 0 Å². The van der Waals surface area contributed by atoms with E-state index in [0.29, 0.717) is 0 Å². The summed E-state index contributed by atoms with van der Waals surface area (Å²) in [7, 11) is 0. The fraction of sp³-hybridized carbons (Fsp3) is 0.500. The first-order chi connectivity index (χ1) is 4.93. The van der Waals surface area contributed by atoms with Crippen LogP contribution in [-0.4, -0.2) is 11.4 Å². The van der Waals surface area contributed by atoms with Crippen LogP contribution in [0.15, 0.2) is 24.3 Å². The van der Waals surface area contributed by atoms with Crippen molar-refractivity contribution in [3.05, 3.63) is 24.3 Å². The molecule has 1 aliphatic carbocycles. The van der Waals surface area contributed by atoms with Crippen molar-refractivity contribution < 1.29 is 10.1 Å². The van der Waals surface area contributed by atoms with Crippen molar-refractivity contribution in [1.82, 2.24) is 0 Å². The van der Waals surface area contributed by atoms with Crippen LogP contribution in [0.2, 0.25) is 0 Å². The summed E-state index contributed by atoms with van der Waals surface area (Å²) in [6.07, 6.45) is 10.8. The number of rotatable bonds is 1. The average molecular weight is 140 g/mol. The molecular formula is C8H12O2. The molecule has 0 bridgehead atoms. The molecule has 0 heterocycles. The lowest BCUT2D eigenvalue weighted by atomic mass is 10.1. The third kappa shape index (κ3) is 2.33. The normalized spacial score (nSPS) is 25.9. The van der Waals surface area contributed by atoms with Crippen LogP contribution < -0.4 is 0 Å². The van der Waals surface area contributed by atoms with Crippen LogP contribution in [0.25, 0.3) is 0 Å². The van der Waals surface area contributed by atoms with E-state index in [9.17, 15) is 0 Å². The van der Waals surface area contributed by atoms with Crippen LogP contribution in [0.3, 0.4) is 0 Å². The van der Waals surface area contributed by atoms with Crippen LogP contribution in [0.4, 0.5) is 0 Å².